The molecule has 3 rings (SSSR count). The topological polar surface area (TPSA) is 50.4 Å². The lowest BCUT2D eigenvalue weighted by molar-refractivity contribution is -0.118. The molecule has 0 saturated carbocycles. The first-order valence-corrected chi connectivity index (χ1v) is 8.51. The van der Waals surface area contributed by atoms with E-state index < -0.39 is 0 Å². The van der Waals surface area contributed by atoms with E-state index in [4.69, 9.17) is 4.74 Å². The number of amides is 1. The predicted molar refractivity (Wildman–Crippen MR) is 96.5 cm³/mol. The van der Waals surface area contributed by atoms with Gasteiger partial charge in [-0.25, -0.2) is 0 Å². The lowest BCUT2D eigenvalue weighted by Crippen LogP contribution is -2.43. The molecule has 1 unspecified atom stereocenters. The zero-order valence-electron chi connectivity index (χ0n) is 14.0. The maximum atomic E-state index is 12.4. The van der Waals surface area contributed by atoms with Crippen molar-refractivity contribution in [3.8, 4) is 5.75 Å². The Morgan fingerprint density at radius 3 is 2.75 bits per heavy atom. The largest absolute Gasteiger partial charge is 0.496 e. The summed E-state index contributed by atoms with van der Waals surface area (Å²) in [6, 6.07) is 16.0. The minimum absolute atomic E-state index is 0.0468. The molecule has 4 heteroatoms. The number of anilines is 1. The lowest BCUT2D eigenvalue weighted by atomic mass is 10.0. The Morgan fingerprint density at radius 1 is 1.21 bits per heavy atom. The Morgan fingerprint density at radius 2 is 2.04 bits per heavy atom. The first kappa shape index (κ1) is 16.5. The van der Waals surface area contributed by atoms with Crippen molar-refractivity contribution >= 4 is 11.6 Å². The van der Waals surface area contributed by atoms with Crippen LogP contribution in [0.1, 0.15) is 30.4 Å². The van der Waals surface area contributed by atoms with Gasteiger partial charge in [-0.05, 0) is 43.1 Å². The third kappa shape index (κ3) is 4.15. The van der Waals surface area contributed by atoms with E-state index in [-0.39, 0.29) is 11.9 Å². The maximum absolute atomic E-state index is 12.4. The number of benzene rings is 2. The zero-order chi connectivity index (χ0) is 16.8. The normalized spacial score (nSPS) is 17.3. The van der Waals surface area contributed by atoms with Crippen molar-refractivity contribution in [2.45, 2.75) is 31.7 Å². The average Bonchev–Trinajstić information content (AvgIpc) is 2.63. The predicted octanol–water partition coefficient (Wildman–Crippen LogP) is 3.37. The van der Waals surface area contributed by atoms with Gasteiger partial charge in [-0.2, -0.15) is 0 Å². The number of hydrogen-bond donors (Lipinski definition) is 2. The van der Waals surface area contributed by atoms with Crippen LogP contribution in [0.2, 0.25) is 0 Å². The van der Waals surface area contributed by atoms with E-state index in [1.807, 2.05) is 36.4 Å². The Hall–Kier alpha value is -2.33. The van der Waals surface area contributed by atoms with Gasteiger partial charge in [-0.1, -0.05) is 36.8 Å². The van der Waals surface area contributed by atoms with Gasteiger partial charge in [0.1, 0.15) is 5.75 Å². The number of nitrogens with one attached hydrogen (secondary N) is 2. The van der Waals surface area contributed by atoms with Crippen molar-refractivity contribution in [3.05, 3.63) is 59.7 Å². The molecular formula is C20H24N2O2. The summed E-state index contributed by atoms with van der Waals surface area (Å²) in [6.07, 6.45) is 3.93. The fourth-order valence-electron chi connectivity index (χ4n) is 3.12. The lowest BCUT2D eigenvalue weighted by Gasteiger charge is -2.22. The Bertz CT molecular complexity index is 679. The highest BCUT2D eigenvalue weighted by Crippen LogP contribution is 2.25. The molecule has 2 aromatic carbocycles. The summed E-state index contributed by atoms with van der Waals surface area (Å²) in [5.41, 5.74) is 3.10. The fraction of sp³-hybridized carbons (Fsp3) is 0.350. The van der Waals surface area contributed by atoms with E-state index in [9.17, 15) is 4.79 Å². The van der Waals surface area contributed by atoms with Crippen LogP contribution in [0, 0.1) is 0 Å². The van der Waals surface area contributed by atoms with E-state index in [1.165, 1.54) is 5.56 Å². The fourth-order valence-corrected chi connectivity index (χ4v) is 3.12. The highest BCUT2D eigenvalue weighted by Gasteiger charge is 2.20. The van der Waals surface area contributed by atoms with E-state index in [2.05, 4.69) is 22.8 Å². The molecule has 126 valence electrons. The molecule has 2 aromatic rings. The van der Waals surface area contributed by atoms with Crippen molar-refractivity contribution in [2.75, 3.05) is 19.0 Å². The molecule has 1 amide bonds. The number of hydrogen-bond acceptors (Lipinski definition) is 3. The number of carbonyl (C=O) groups excluding carboxylic acids is 1. The van der Waals surface area contributed by atoms with Gasteiger partial charge in [0.15, 0.2) is 0 Å². The minimum atomic E-state index is -0.0848. The molecule has 1 heterocycles. The van der Waals surface area contributed by atoms with Crippen molar-refractivity contribution in [3.63, 3.8) is 0 Å². The van der Waals surface area contributed by atoms with Crippen molar-refractivity contribution in [1.82, 2.24) is 5.32 Å². The molecule has 1 aliphatic heterocycles. The van der Waals surface area contributed by atoms with Crippen LogP contribution in [0.3, 0.4) is 0 Å². The molecule has 1 aliphatic rings. The number of carbonyl (C=O) groups is 1. The first-order valence-electron chi connectivity index (χ1n) is 8.51. The Balaban J connectivity index is 1.74. The SMILES string of the molecule is COc1ccc(NC(=O)C2CCCCN2)cc1Cc1ccccc1. The summed E-state index contributed by atoms with van der Waals surface area (Å²) in [6.45, 7) is 0.917. The second-order valence-electron chi connectivity index (χ2n) is 6.18. The second-order valence-corrected chi connectivity index (χ2v) is 6.18. The maximum Gasteiger partial charge on any atom is 0.241 e. The Labute approximate surface area is 143 Å². The molecule has 1 fully saturated rings. The van der Waals surface area contributed by atoms with Crippen LogP contribution >= 0.6 is 0 Å². The summed E-state index contributed by atoms with van der Waals surface area (Å²) < 4.78 is 5.47. The standard InChI is InChI=1S/C20H24N2O2/c1-24-19-11-10-17(22-20(23)18-9-5-6-12-21-18)14-16(19)13-15-7-3-2-4-8-15/h2-4,7-8,10-11,14,18,21H,5-6,9,12-13H2,1H3,(H,22,23). The van der Waals surface area contributed by atoms with E-state index >= 15 is 0 Å². The molecule has 0 aromatic heterocycles. The molecule has 0 radical (unpaired) electrons. The van der Waals surface area contributed by atoms with Gasteiger partial charge in [-0.15, -0.1) is 0 Å². The third-order valence-electron chi connectivity index (χ3n) is 4.41. The van der Waals surface area contributed by atoms with Crippen molar-refractivity contribution < 1.29 is 9.53 Å². The van der Waals surface area contributed by atoms with Gasteiger partial charge in [0.25, 0.3) is 0 Å². The number of piperidine rings is 1. The van der Waals surface area contributed by atoms with Gasteiger partial charge in [-0.3, -0.25) is 4.79 Å². The molecule has 0 spiro atoms. The van der Waals surface area contributed by atoms with Gasteiger partial charge < -0.3 is 15.4 Å². The molecule has 2 N–H and O–H groups in total. The summed E-state index contributed by atoms with van der Waals surface area (Å²) in [5, 5.41) is 6.31. The van der Waals surface area contributed by atoms with E-state index in [0.717, 1.165) is 49.2 Å². The van der Waals surface area contributed by atoms with E-state index in [0.29, 0.717) is 0 Å². The van der Waals surface area contributed by atoms with Gasteiger partial charge in [0.2, 0.25) is 5.91 Å². The van der Waals surface area contributed by atoms with Crippen LogP contribution in [0.4, 0.5) is 5.69 Å². The van der Waals surface area contributed by atoms with Crippen LogP contribution < -0.4 is 15.4 Å². The van der Waals surface area contributed by atoms with Crippen LogP contribution in [0.5, 0.6) is 5.75 Å². The van der Waals surface area contributed by atoms with Gasteiger partial charge in [0, 0.05) is 17.7 Å². The van der Waals surface area contributed by atoms with Gasteiger partial charge in [0.05, 0.1) is 13.2 Å². The molecule has 0 aliphatic carbocycles. The van der Waals surface area contributed by atoms with Crippen LogP contribution in [-0.2, 0) is 11.2 Å². The molecule has 0 bridgehead atoms. The first-order chi connectivity index (χ1) is 11.8. The van der Waals surface area contributed by atoms with Crippen LogP contribution in [0.25, 0.3) is 0 Å². The average molecular weight is 324 g/mol. The number of ether oxygens (including phenoxy) is 1. The molecule has 1 atom stereocenters. The zero-order valence-corrected chi connectivity index (χ0v) is 14.0. The minimum Gasteiger partial charge on any atom is -0.496 e. The molecule has 4 nitrogen and oxygen atoms in total. The number of rotatable bonds is 5. The summed E-state index contributed by atoms with van der Waals surface area (Å²) in [4.78, 5) is 12.4. The van der Waals surface area contributed by atoms with Crippen LogP contribution in [0.15, 0.2) is 48.5 Å². The summed E-state index contributed by atoms with van der Waals surface area (Å²) in [5.74, 6) is 0.887. The third-order valence-corrected chi connectivity index (χ3v) is 4.41. The van der Waals surface area contributed by atoms with E-state index in [1.54, 1.807) is 7.11 Å². The monoisotopic (exact) mass is 324 g/mol. The second kappa shape index (κ2) is 7.97. The number of methoxy groups -OCH3 is 1. The Kier molecular flexibility index (Phi) is 5.49. The quantitative estimate of drug-likeness (QED) is 0.886. The molecule has 1 saturated heterocycles. The molecule has 24 heavy (non-hydrogen) atoms. The van der Waals surface area contributed by atoms with Gasteiger partial charge >= 0.3 is 0 Å². The van der Waals surface area contributed by atoms with Crippen molar-refractivity contribution in [2.24, 2.45) is 0 Å². The summed E-state index contributed by atoms with van der Waals surface area (Å²) in [7, 11) is 1.67. The van der Waals surface area contributed by atoms with Crippen molar-refractivity contribution in [1.29, 1.82) is 0 Å². The highest BCUT2D eigenvalue weighted by molar-refractivity contribution is 5.95. The van der Waals surface area contributed by atoms with Crippen LogP contribution in [-0.4, -0.2) is 25.6 Å². The highest BCUT2D eigenvalue weighted by atomic mass is 16.5. The summed E-state index contributed by atoms with van der Waals surface area (Å²) >= 11 is 0. The smallest absolute Gasteiger partial charge is 0.241 e. The molecular weight excluding hydrogens is 300 g/mol.